The highest BCUT2D eigenvalue weighted by molar-refractivity contribution is 7.90. The van der Waals surface area contributed by atoms with Crippen molar-refractivity contribution < 1.29 is 13.2 Å². The summed E-state index contributed by atoms with van der Waals surface area (Å²) >= 11 is 1.52. The minimum Gasteiger partial charge on any atom is -0.322 e. The lowest BCUT2D eigenvalue weighted by Gasteiger charge is -2.07. The minimum atomic E-state index is -3.27. The molecule has 3 aromatic rings. The summed E-state index contributed by atoms with van der Waals surface area (Å²) in [5.74, 6) is -0.300. The fourth-order valence-electron chi connectivity index (χ4n) is 2.15. The van der Waals surface area contributed by atoms with Crippen LogP contribution in [0, 0.1) is 0 Å². The molecule has 0 saturated heterocycles. The Bertz CT molecular complexity index is 963. The molecule has 7 heteroatoms. The van der Waals surface area contributed by atoms with Crippen molar-refractivity contribution in [2.45, 2.75) is 4.90 Å². The fourth-order valence-corrected chi connectivity index (χ4v) is 3.42. The standard InChI is InChI=1S/C17H14N2O3S2/c1-24(21,22)15-7-5-12(6-8-15)16(20)19-14-4-2-3-13(11-14)17-18-9-10-23-17/h2-11H,1H3,(H,19,20). The predicted octanol–water partition coefficient (Wildman–Crippen LogP) is 3.47. The molecule has 0 fully saturated rings. The number of amides is 1. The zero-order valence-corrected chi connectivity index (χ0v) is 14.4. The molecule has 1 N–H and O–H groups in total. The van der Waals surface area contributed by atoms with Crippen LogP contribution in [0.2, 0.25) is 0 Å². The maximum atomic E-state index is 12.3. The highest BCUT2D eigenvalue weighted by Gasteiger charge is 2.10. The largest absolute Gasteiger partial charge is 0.322 e. The normalized spacial score (nSPS) is 11.2. The van der Waals surface area contributed by atoms with Gasteiger partial charge in [0.05, 0.1) is 4.90 Å². The second-order valence-electron chi connectivity index (χ2n) is 5.17. The van der Waals surface area contributed by atoms with Crippen molar-refractivity contribution >= 4 is 32.8 Å². The van der Waals surface area contributed by atoms with Crippen LogP contribution in [0.5, 0.6) is 0 Å². The first kappa shape index (κ1) is 16.4. The molecule has 0 saturated carbocycles. The van der Waals surface area contributed by atoms with E-state index in [2.05, 4.69) is 10.3 Å². The lowest BCUT2D eigenvalue weighted by Crippen LogP contribution is -2.12. The average Bonchev–Trinajstić information content (AvgIpc) is 3.09. The molecule has 3 rings (SSSR count). The van der Waals surface area contributed by atoms with Crippen LogP contribution >= 0.6 is 11.3 Å². The van der Waals surface area contributed by atoms with E-state index in [1.807, 2.05) is 23.6 Å². The zero-order chi connectivity index (χ0) is 17.2. The quantitative estimate of drug-likeness (QED) is 0.775. The molecule has 0 atom stereocenters. The van der Waals surface area contributed by atoms with Crippen molar-refractivity contribution in [2.24, 2.45) is 0 Å². The van der Waals surface area contributed by atoms with Gasteiger partial charge in [0.15, 0.2) is 9.84 Å². The monoisotopic (exact) mass is 358 g/mol. The smallest absolute Gasteiger partial charge is 0.255 e. The summed E-state index contributed by atoms with van der Waals surface area (Å²) in [5, 5.41) is 5.58. The van der Waals surface area contributed by atoms with E-state index < -0.39 is 9.84 Å². The molecule has 0 aliphatic rings. The summed E-state index contributed by atoms with van der Waals surface area (Å²) in [7, 11) is -3.27. The molecular formula is C17H14N2O3S2. The van der Waals surface area contributed by atoms with Gasteiger partial charge >= 0.3 is 0 Å². The number of aromatic nitrogens is 1. The van der Waals surface area contributed by atoms with Crippen LogP contribution in [0.4, 0.5) is 5.69 Å². The summed E-state index contributed by atoms with van der Waals surface area (Å²) in [6, 6.07) is 13.3. The second-order valence-corrected chi connectivity index (χ2v) is 8.08. The van der Waals surface area contributed by atoms with Crippen molar-refractivity contribution in [1.82, 2.24) is 4.98 Å². The van der Waals surface area contributed by atoms with Crippen LogP contribution in [0.15, 0.2) is 65.0 Å². The first-order chi connectivity index (χ1) is 11.4. The lowest BCUT2D eigenvalue weighted by atomic mass is 10.2. The van der Waals surface area contributed by atoms with E-state index in [-0.39, 0.29) is 10.8 Å². The summed E-state index contributed by atoms with van der Waals surface area (Å²) in [6.45, 7) is 0. The topological polar surface area (TPSA) is 76.1 Å². The molecule has 0 spiro atoms. The van der Waals surface area contributed by atoms with Crippen molar-refractivity contribution in [2.75, 3.05) is 11.6 Å². The summed E-state index contributed by atoms with van der Waals surface area (Å²) in [4.78, 5) is 16.7. The summed E-state index contributed by atoms with van der Waals surface area (Å²) in [6.07, 6.45) is 2.86. The molecule has 0 aliphatic carbocycles. The zero-order valence-electron chi connectivity index (χ0n) is 12.8. The number of hydrogen-bond acceptors (Lipinski definition) is 5. The molecule has 1 heterocycles. The van der Waals surface area contributed by atoms with Gasteiger partial charge in [-0.2, -0.15) is 0 Å². The van der Waals surface area contributed by atoms with Gasteiger partial charge in [-0.15, -0.1) is 11.3 Å². The average molecular weight is 358 g/mol. The van der Waals surface area contributed by atoms with Gasteiger partial charge < -0.3 is 5.32 Å². The lowest BCUT2D eigenvalue weighted by molar-refractivity contribution is 0.102. The first-order valence-corrected chi connectivity index (χ1v) is 9.82. The third-order valence-electron chi connectivity index (χ3n) is 3.34. The van der Waals surface area contributed by atoms with E-state index in [1.165, 1.54) is 35.6 Å². The Kier molecular flexibility index (Phi) is 4.46. The van der Waals surface area contributed by atoms with Crippen LogP contribution in [0.3, 0.4) is 0 Å². The van der Waals surface area contributed by atoms with E-state index in [1.54, 1.807) is 12.3 Å². The number of nitrogens with zero attached hydrogens (tertiary/aromatic N) is 1. The van der Waals surface area contributed by atoms with Gasteiger partial charge in [0.2, 0.25) is 0 Å². The van der Waals surface area contributed by atoms with Crippen molar-refractivity contribution in [3.8, 4) is 10.6 Å². The molecule has 5 nitrogen and oxygen atoms in total. The number of thiazole rings is 1. The van der Waals surface area contributed by atoms with E-state index in [9.17, 15) is 13.2 Å². The Labute approximate surface area is 143 Å². The summed E-state index contributed by atoms with van der Waals surface area (Å²) < 4.78 is 22.9. The number of carbonyl (C=O) groups excluding carboxylic acids is 1. The van der Waals surface area contributed by atoms with E-state index >= 15 is 0 Å². The van der Waals surface area contributed by atoms with Gasteiger partial charge in [0.25, 0.3) is 5.91 Å². The molecule has 2 aromatic carbocycles. The van der Waals surface area contributed by atoms with Gasteiger partial charge in [-0.1, -0.05) is 12.1 Å². The van der Waals surface area contributed by atoms with Crippen LogP contribution in [0.1, 0.15) is 10.4 Å². The third kappa shape index (κ3) is 3.69. The van der Waals surface area contributed by atoms with Gasteiger partial charge in [-0.05, 0) is 36.4 Å². The van der Waals surface area contributed by atoms with E-state index in [0.29, 0.717) is 11.3 Å². The maximum Gasteiger partial charge on any atom is 0.255 e. The Balaban J connectivity index is 1.79. The third-order valence-corrected chi connectivity index (χ3v) is 5.30. The summed E-state index contributed by atoms with van der Waals surface area (Å²) in [5.41, 5.74) is 1.97. The molecule has 0 bridgehead atoms. The first-order valence-electron chi connectivity index (χ1n) is 7.05. The van der Waals surface area contributed by atoms with Gasteiger partial charge in [0.1, 0.15) is 5.01 Å². The van der Waals surface area contributed by atoms with Crippen molar-refractivity contribution in [1.29, 1.82) is 0 Å². The Hall–Kier alpha value is -2.51. The molecular weight excluding hydrogens is 344 g/mol. The highest BCUT2D eigenvalue weighted by atomic mass is 32.2. The number of rotatable bonds is 4. The minimum absolute atomic E-state index is 0.185. The number of carbonyl (C=O) groups is 1. The number of anilines is 1. The van der Waals surface area contributed by atoms with Crippen LogP contribution in [-0.4, -0.2) is 25.6 Å². The van der Waals surface area contributed by atoms with Gasteiger partial charge in [-0.3, -0.25) is 4.79 Å². The molecule has 1 amide bonds. The Morgan fingerprint density at radius 3 is 2.50 bits per heavy atom. The number of hydrogen-bond donors (Lipinski definition) is 1. The van der Waals surface area contributed by atoms with Crippen LogP contribution in [0.25, 0.3) is 10.6 Å². The van der Waals surface area contributed by atoms with Crippen molar-refractivity contribution in [3.05, 3.63) is 65.7 Å². The number of sulfone groups is 1. The molecule has 0 aliphatic heterocycles. The van der Waals surface area contributed by atoms with E-state index in [4.69, 9.17) is 0 Å². The number of benzene rings is 2. The molecule has 122 valence electrons. The SMILES string of the molecule is CS(=O)(=O)c1ccc(C(=O)Nc2cccc(-c3nccs3)c2)cc1. The van der Waals surface area contributed by atoms with E-state index in [0.717, 1.165) is 16.8 Å². The maximum absolute atomic E-state index is 12.3. The predicted molar refractivity (Wildman–Crippen MR) is 95.1 cm³/mol. The highest BCUT2D eigenvalue weighted by Crippen LogP contribution is 2.24. The Morgan fingerprint density at radius 1 is 1.12 bits per heavy atom. The van der Waals surface area contributed by atoms with Crippen LogP contribution < -0.4 is 5.32 Å². The molecule has 0 unspecified atom stereocenters. The Morgan fingerprint density at radius 2 is 1.88 bits per heavy atom. The fraction of sp³-hybridized carbons (Fsp3) is 0.0588. The van der Waals surface area contributed by atoms with Gasteiger partial charge in [0, 0.05) is 34.6 Å². The second kappa shape index (κ2) is 6.54. The molecule has 24 heavy (non-hydrogen) atoms. The molecule has 0 radical (unpaired) electrons. The number of nitrogens with one attached hydrogen (secondary N) is 1. The van der Waals surface area contributed by atoms with Gasteiger partial charge in [-0.25, -0.2) is 13.4 Å². The molecule has 1 aromatic heterocycles. The van der Waals surface area contributed by atoms with Crippen molar-refractivity contribution in [3.63, 3.8) is 0 Å². The van der Waals surface area contributed by atoms with Crippen LogP contribution in [-0.2, 0) is 9.84 Å².